The van der Waals surface area contributed by atoms with Gasteiger partial charge in [0.2, 0.25) is 0 Å². The number of anilines is 1. The molecule has 22 heavy (non-hydrogen) atoms. The van der Waals surface area contributed by atoms with Gasteiger partial charge < -0.3 is 25.3 Å². The molecular weight excluding hydrogens is 290 g/mol. The van der Waals surface area contributed by atoms with Crippen LogP contribution in [0.1, 0.15) is 12.6 Å². The van der Waals surface area contributed by atoms with E-state index in [-0.39, 0.29) is 23.3 Å². The lowest BCUT2D eigenvalue weighted by Crippen LogP contribution is -2.53. The van der Waals surface area contributed by atoms with E-state index in [1.165, 1.54) is 24.9 Å². The summed E-state index contributed by atoms with van der Waals surface area (Å²) in [6.07, 6.45) is 7.06. The molecule has 7 nitrogen and oxygen atoms in total. The monoisotopic (exact) mass is 304 g/mol. The van der Waals surface area contributed by atoms with E-state index in [4.69, 9.17) is 16.9 Å². The molecule has 1 aliphatic heterocycles. The van der Waals surface area contributed by atoms with Crippen molar-refractivity contribution in [2.45, 2.75) is 23.8 Å². The lowest BCUT2D eigenvalue weighted by atomic mass is 9.68. The van der Waals surface area contributed by atoms with Crippen molar-refractivity contribution in [2.24, 2.45) is 0 Å². The topological polar surface area (TPSA) is 106 Å². The first-order valence-electron chi connectivity index (χ1n) is 6.60. The Balaban J connectivity index is 2.12. The van der Waals surface area contributed by atoms with Gasteiger partial charge in [-0.1, -0.05) is 5.92 Å². The van der Waals surface area contributed by atoms with E-state index in [2.05, 4.69) is 15.9 Å². The van der Waals surface area contributed by atoms with E-state index in [0.29, 0.717) is 0 Å². The SMILES string of the molecule is B[C@@]1(O)C[C@H](n2cc(F)c3c(N)ncnc32)O[C@]1(C#C)CO. The number of ether oxygens (including phenoxy) is 1. The van der Waals surface area contributed by atoms with Crippen LogP contribution in [-0.2, 0) is 4.74 Å². The van der Waals surface area contributed by atoms with Crippen molar-refractivity contribution in [2.75, 3.05) is 12.3 Å². The first-order chi connectivity index (χ1) is 10.3. The molecule has 0 amide bonds. The quantitative estimate of drug-likeness (QED) is 0.473. The molecule has 3 atom stereocenters. The van der Waals surface area contributed by atoms with Gasteiger partial charge in [-0.05, 0) is 0 Å². The molecule has 0 radical (unpaired) electrons. The summed E-state index contributed by atoms with van der Waals surface area (Å²) in [5, 5.41) is 20.1. The van der Waals surface area contributed by atoms with E-state index in [9.17, 15) is 14.6 Å². The van der Waals surface area contributed by atoms with Crippen molar-refractivity contribution in [3.05, 3.63) is 18.3 Å². The van der Waals surface area contributed by atoms with Gasteiger partial charge in [0.25, 0.3) is 0 Å². The summed E-state index contributed by atoms with van der Waals surface area (Å²) in [7, 11) is 1.47. The molecule has 1 saturated heterocycles. The molecule has 2 aromatic heterocycles. The highest BCUT2D eigenvalue weighted by molar-refractivity contribution is 6.15. The fourth-order valence-corrected chi connectivity index (χ4v) is 2.79. The van der Waals surface area contributed by atoms with Crippen molar-refractivity contribution in [1.29, 1.82) is 0 Å². The number of hydrogen-bond donors (Lipinski definition) is 3. The van der Waals surface area contributed by atoms with E-state index in [1.807, 2.05) is 0 Å². The molecule has 1 fully saturated rings. The molecule has 1 aliphatic rings. The second-order valence-electron chi connectivity index (χ2n) is 5.52. The van der Waals surface area contributed by atoms with Crippen LogP contribution in [0.3, 0.4) is 0 Å². The number of terminal acetylenes is 1. The first kappa shape index (κ1) is 14.8. The summed E-state index contributed by atoms with van der Waals surface area (Å²) < 4.78 is 21.1. The maximum absolute atomic E-state index is 14.1. The van der Waals surface area contributed by atoms with Gasteiger partial charge in [0.1, 0.15) is 26.2 Å². The number of rotatable bonds is 2. The van der Waals surface area contributed by atoms with Gasteiger partial charge >= 0.3 is 0 Å². The Morgan fingerprint density at radius 1 is 1.64 bits per heavy atom. The number of nitrogen functional groups attached to an aromatic ring is 1. The number of nitrogens with zero attached hydrogens (tertiary/aromatic N) is 3. The molecule has 0 bridgehead atoms. The van der Waals surface area contributed by atoms with E-state index < -0.39 is 29.8 Å². The van der Waals surface area contributed by atoms with Crippen LogP contribution in [0.15, 0.2) is 12.5 Å². The van der Waals surface area contributed by atoms with Gasteiger partial charge in [0.15, 0.2) is 17.1 Å². The number of hydrogen-bond acceptors (Lipinski definition) is 6. The largest absolute Gasteiger partial charge is 0.395 e. The summed E-state index contributed by atoms with van der Waals surface area (Å²) in [4.78, 5) is 7.76. The third kappa shape index (κ3) is 1.82. The molecule has 0 saturated carbocycles. The molecule has 4 N–H and O–H groups in total. The van der Waals surface area contributed by atoms with Crippen LogP contribution in [0, 0.1) is 18.2 Å². The predicted octanol–water partition coefficient (Wildman–Crippen LogP) is -1.24. The van der Waals surface area contributed by atoms with Crippen LogP contribution < -0.4 is 5.73 Å². The summed E-state index contributed by atoms with van der Waals surface area (Å²) in [5.41, 5.74) is 2.85. The lowest BCUT2D eigenvalue weighted by molar-refractivity contribution is -0.101. The zero-order chi connectivity index (χ0) is 16.1. The lowest BCUT2D eigenvalue weighted by Gasteiger charge is -2.31. The van der Waals surface area contributed by atoms with Crippen molar-refractivity contribution >= 4 is 24.7 Å². The molecule has 0 aliphatic carbocycles. The van der Waals surface area contributed by atoms with Gasteiger partial charge in [-0.15, -0.1) is 6.42 Å². The summed E-state index contributed by atoms with van der Waals surface area (Å²) in [6, 6.07) is 0. The maximum atomic E-state index is 14.1. The van der Waals surface area contributed by atoms with Crippen molar-refractivity contribution in [3.63, 3.8) is 0 Å². The highest BCUT2D eigenvalue weighted by atomic mass is 19.1. The van der Waals surface area contributed by atoms with E-state index >= 15 is 0 Å². The Morgan fingerprint density at radius 3 is 2.95 bits per heavy atom. The Bertz CT molecular complexity index is 787. The Kier molecular flexibility index (Phi) is 3.14. The molecule has 2 aromatic rings. The Labute approximate surface area is 126 Å². The van der Waals surface area contributed by atoms with Gasteiger partial charge in [0.05, 0.1) is 17.5 Å². The van der Waals surface area contributed by atoms with Crippen molar-refractivity contribution in [1.82, 2.24) is 14.5 Å². The summed E-state index contributed by atoms with van der Waals surface area (Å²) in [5.74, 6) is 1.71. The first-order valence-corrected chi connectivity index (χ1v) is 6.60. The van der Waals surface area contributed by atoms with Crippen LogP contribution in [0.25, 0.3) is 11.0 Å². The molecule has 3 heterocycles. The van der Waals surface area contributed by atoms with E-state index in [0.717, 1.165) is 0 Å². The molecule has 9 heteroatoms. The number of aliphatic hydroxyl groups excluding tert-OH is 1. The number of nitrogens with two attached hydrogens (primary N) is 1. The maximum Gasteiger partial charge on any atom is 0.174 e. The van der Waals surface area contributed by atoms with Gasteiger partial charge in [0, 0.05) is 12.6 Å². The molecule has 3 rings (SSSR count). The average molecular weight is 304 g/mol. The summed E-state index contributed by atoms with van der Waals surface area (Å²) >= 11 is 0. The van der Waals surface area contributed by atoms with Gasteiger partial charge in [-0.25, -0.2) is 14.4 Å². The summed E-state index contributed by atoms with van der Waals surface area (Å²) in [6.45, 7) is -0.564. The molecule has 0 spiro atoms. The second-order valence-corrected chi connectivity index (χ2v) is 5.52. The minimum Gasteiger partial charge on any atom is -0.395 e. The van der Waals surface area contributed by atoms with Crippen molar-refractivity contribution < 1.29 is 19.3 Å². The Morgan fingerprint density at radius 2 is 2.36 bits per heavy atom. The van der Waals surface area contributed by atoms with Gasteiger partial charge in [-0.3, -0.25) is 0 Å². The van der Waals surface area contributed by atoms with E-state index in [1.54, 1.807) is 0 Å². The third-order valence-corrected chi connectivity index (χ3v) is 4.14. The zero-order valence-electron chi connectivity index (χ0n) is 11.8. The standard InChI is InChI=1S/C13H14BFN4O3/c1-2-12(5-20)13(14,21)3-8(22-12)19-4-7(15)9-10(16)17-6-18-11(9)19/h1,4,6,8,20-21H,3,5,14H2,(H2,16,17,18)/t8-,12-,13-/m1/s1. The average Bonchev–Trinajstić information content (AvgIpc) is 2.94. The van der Waals surface area contributed by atoms with Crippen LogP contribution in [0.5, 0.6) is 0 Å². The number of aromatic nitrogens is 3. The van der Waals surface area contributed by atoms with Crippen LogP contribution >= 0.6 is 0 Å². The fourth-order valence-electron chi connectivity index (χ4n) is 2.79. The smallest absolute Gasteiger partial charge is 0.174 e. The number of aliphatic hydroxyl groups is 2. The normalized spacial score (nSPS) is 31.5. The fraction of sp³-hybridized carbons (Fsp3) is 0.385. The predicted molar refractivity (Wildman–Crippen MR) is 78.8 cm³/mol. The highest BCUT2D eigenvalue weighted by Crippen LogP contribution is 2.43. The van der Waals surface area contributed by atoms with Crippen LogP contribution in [-0.4, -0.2) is 50.3 Å². The number of fused-ring (bicyclic) bond motifs is 1. The van der Waals surface area contributed by atoms with Crippen LogP contribution in [0.4, 0.5) is 10.2 Å². The van der Waals surface area contributed by atoms with Crippen molar-refractivity contribution in [3.8, 4) is 12.3 Å². The minimum atomic E-state index is -1.57. The minimum absolute atomic E-state index is 0.0105. The molecule has 0 unspecified atom stereocenters. The van der Waals surface area contributed by atoms with Gasteiger partial charge in [-0.2, -0.15) is 0 Å². The molecular formula is C13H14BFN4O3. The second kappa shape index (κ2) is 4.68. The highest BCUT2D eigenvalue weighted by Gasteiger charge is 2.55. The third-order valence-electron chi connectivity index (χ3n) is 4.14. The Hall–Kier alpha value is -2.15. The zero-order valence-corrected chi connectivity index (χ0v) is 11.8. The number of halogens is 1. The molecule has 0 aromatic carbocycles. The van der Waals surface area contributed by atoms with Crippen LogP contribution in [0.2, 0.25) is 0 Å². The molecule has 114 valence electrons.